The molecule has 0 unspecified atom stereocenters. The summed E-state index contributed by atoms with van der Waals surface area (Å²) in [5.74, 6) is 0.859. The maximum Gasteiger partial charge on any atom is 0.262 e. The van der Waals surface area contributed by atoms with E-state index in [1.165, 1.54) is 27.4 Å². The Kier molecular flexibility index (Phi) is 6.50. The fourth-order valence-corrected chi connectivity index (χ4v) is 3.91. The van der Waals surface area contributed by atoms with Gasteiger partial charge in [-0.3, -0.25) is 14.2 Å². The van der Waals surface area contributed by atoms with Crippen molar-refractivity contribution in [1.82, 2.24) is 4.57 Å². The second-order valence-electron chi connectivity index (χ2n) is 7.76. The second-order valence-corrected chi connectivity index (χ2v) is 7.76. The maximum absolute atomic E-state index is 13.2. The predicted octanol–water partition coefficient (Wildman–Crippen LogP) is 5.56. The number of hydrogen-bond acceptors (Lipinski definition) is 5. The molecule has 0 saturated heterocycles. The van der Waals surface area contributed by atoms with Gasteiger partial charge in [-0.2, -0.15) is 0 Å². The van der Waals surface area contributed by atoms with Crippen molar-refractivity contribution in [2.75, 3.05) is 21.3 Å². The van der Waals surface area contributed by atoms with Crippen LogP contribution in [0.3, 0.4) is 0 Å². The zero-order valence-electron chi connectivity index (χ0n) is 19.5. The SMILES string of the molecule is COc1cc(C(=O)/C=C/c2cn(C(=O)c3cccc(C)c3)c3ccccc23)cc(OC)c1OC. The highest BCUT2D eigenvalue weighted by Crippen LogP contribution is 2.38. The van der Waals surface area contributed by atoms with Crippen molar-refractivity contribution in [3.63, 3.8) is 0 Å². The summed E-state index contributed by atoms with van der Waals surface area (Å²) in [6, 6.07) is 18.3. The zero-order valence-corrected chi connectivity index (χ0v) is 19.5. The van der Waals surface area contributed by atoms with Gasteiger partial charge < -0.3 is 14.2 Å². The van der Waals surface area contributed by atoms with E-state index in [1.807, 2.05) is 49.4 Å². The van der Waals surface area contributed by atoms with Crippen molar-refractivity contribution in [3.05, 3.63) is 95.2 Å². The highest BCUT2D eigenvalue weighted by atomic mass is 16.5. The Hall–Kier alpha value is -4.32. The number of allylic oxidation sites excluding steroid dienone is 1. The average Bonchev–Trinajstić information content (AvgIpc) is 3.24. The summed E-state index contributed by atoms with van der Waals surface area (Å²) in [4.78, 5) is 26.2. The normalized spacial score (nSPS) is 11.1. The molecule has 0 radical (unpaired) electrons. The summed E-state index contributed by atoms with van der Waals surface area (Å²) in [6.07, 6.45) is 4.95. The molecule has 0 N–H and O–H groups in total. The molecule has 0 aliphatic carbocycles. The molecule has 3 aromatic carbocycles. The molecule has 1 heterocycles. The third kappa shape index (κ3) is 4.30. The maximum atomic E-state index is 13.2. The third-order valence-electron chi connectivity index (χ3n) is 5.59. The molecule has 0 saturated carbocycles. The molecule has 0 amide bonds. The monoisotopic (exact) mass is 455 g/mol. The minimum absolute atomic E-state index is 0.129. The molecule has 6 nitrogen and oxygen atoms in total. The number of hydrogen-bond donors (Lipinski definition) is 0. The van der Waals surface area contributed by atoms with E-state index in [2.05, 4.69) is 0 Å². The van der Waals surface area contributed by atoms with Crippen LogP contribution in [0.5, 0.6) is 17.2 Å². The van der Waals surface area contributed by atoms with Gasteiger partial charge in [-0.05, 0) is 49.4 Å². The second kappa shape index (κ2) is 9.67. The molecule has 4 aromatic rings. The van der Waals surface area contributed by atoms with Crippen LogP contribution in [0.25, 0.3) is 17.0 Å². The predicted molar refractivity (Wildman–Crippen MR) is 132 cm³/mol. The first-order chi connectivity index (χ1) is 16.5. The summed E-state index contributed by atoms with van der Waals surface area (Å²) in [5.41, 5.74) is 3.54. The number of benzene rings is 3. The lowest BCUT2D eigenvalue weighted by Crippen LogP contribution is -2.10. The molecule has 0 atom stereocenters. The molecule has 0 aliphatic heterocycles. The fourth-order valence-electron chi connectivity index (χ4n) is 3.91. The summed E-state index contributed by atoms with van der Waals surface area (Å²) in [7, 11) is 4.51. The molecule has 0 aliphatic rings. The van der Waals surface area contributed by atoms with Gasteiger partial charge in [0.15, 0.2) is 17.3 Å². The lowest BCUT2D eigenvalue weighted by atomic mass is 10.1. The summed E-state index contributed by atoms with van der Waals surface area (Å²) in [6.45, 7) is 1.95. The van der Waals surface area contributed by atoms with Crippen LogP contribution in [0.15, 0.2) is 72.9 Å². The van der Waals surface area contributed by atoms with Crippen molar-refractivity contribution in [1.29, 1.82) is 0 Å². The van der Waals surface area contributed by atoms with Gasteiger partial charge in [0, 0.05) is 28.3 Å². The number of nitrogens with zero attached hydrogens (tertiary/aromatic N) is 1. The van der Waals surface area contributed by atoms with Crippen LogP contribution in [-0.2, 0) is 0 Å². The lowest BCUT2D eigenvalue weighted by Gasteiger charge is -2.13. The molecule has 0 fully saturated rings. The molecule has 34 heavy (non-hydrogen) atoms. The van der Waals surface area contributed by atoms with Crippen molar-refractivity contribution in [2.24, 2.45) is 0 Å². The van der Waals surface area contributed by atoms with Gasteiger partial charge in [-0.25, -0.2) is 0 Å². The first kappa shape index (κ1) is 22.9. The van der Waals surface area contributed by atoms with Crippen LogP contribution < -0.4 is 14.2 Å². The highest BCUT2D eigenvalue weighted by Gasteiger charge is 2.17. The zero-order chi connectivity index (χ0) is 24.2. The molecular weight excluding hydrogens is 430 g/mol. The van der Waals surface area contributed by atoms with E-state index in [-0.39, 0.29) is 11.7 Å². The van der Waals surface area contributed by atoms with E-state index in [4.69, 9.17) is 14.2 Å². The highest BCUT2D eigenvalue weighted by molar-refractivity contribution is 6.09. The topological polar surface area (TPSA) is 66.8 Å². The molecule has 6 heteroatoms. The minimum atomic E-state index is -0.235. The first-order valence-corrected chi connectivity index (χ1v) is 10.7. The van der Waals surface area contributed by atoms with Crippen molar-refractivity contribution >= 4 is 28.7 Å². The number of aromatic nitrogens is 1. The molecule has 1 aromatic heterocycles. The number of rotatable bonds is 7. The van der Waals surface area contributed by atoms with Crippen molar-refractivity contribution in [2.45, 2.75) is 6.92 Å². The van der Waals surface area contributed by atoms with E-state index >= 15 is 0 Å². The van der Waals surface area contributed by atoms with Gasteiger partial charge in [-0.1, -0.05) is 35.9 Å². The number of fused-ring (bicyclic) bond motifs is 1. The quantitative estimate of drug-likeness (QED) is 0.270. The Bertz CT molecular complexity index is 1390. The van der Waals surface area contributed by atoms with Gasteiger partial charge in [0.1, 0.15) is 0 Å². The van der Waals surface area contributed by atoms with Gasteiger partial charge in [0.05, 0.1) is 26.8 Å². The van der Waals surface area contributed by atoms with Crippen LogP contribution in [0.2, 0.25) is 0 Å². The van der Waals surface area contributed by atoms with E-state index < -0.39 is 0 Å². The smallest absolute Gasteiger partial charge is 0.262 e. The Labute approximate surface area is 198 Å². The number of ether oxygens (including phenoxy) is 3. The summed E-state index contributed by atoms with van der Waals surface area (Å²) in [5, 5.41) is 0.873. The molecule has 0 bridgehead atoms. The van der Waals surface area contributed by atoms with Crippen LogP contribution in [0, 0.1) is 6.92 Å². The Morgan fingerprint density at radius 1 is 0.824 bits per heavy atom. The number of ketones is 1. The number of methoxy groups -OCH3 is 3. The lowest BCUT2D eigenvalue weighted by molar-refractivity contribution is 0.0964. The van der Waals surface area contributed by atoms with Gasteiger partial charge in [0.2, 0.25) is 5.75 Å². The van der Waals surface area contributed by atoms with E-state index in [1.54, 1.807) is 35.0 Å². The standard InChI is InChI=1S/C28H25NO5/c1-18-8-7-9-19(14-18)28(31)29-17-20(22-10-5-6-11-23(22)29)12-13-24(30)21-15-25(32-2)27(34-4)26(16-21)33-3/h5-17H,1-4H3/b13-12+. The Morgan fingerprint density at radius 2 is 1.53 bits per heavy atom. The van der Waals surface area contributed by atoms with Crippen LogP contribution in [0.1, 0.15) is 31.8 Å². The van der Waals surface area contributed by atoms with E-state index in [0.717, 1.165) is 22.0 Å². The van der Waals surface area contributed by atoms with Crippen LogP contribution >= 0.6 is 0 Å². The van der Waals surface area contributed by atoms with Crippen molar-refractivity contribution in [3.8, 4) is 17.2 Å². The first-order valence-electron chi connectivity index (χ1n) is 10.7. The van der Waals surface area contributed by atoms with Crippen molar-refractivity contribution < 1.29 is 23.8 Å². The van der Waals surface area contributed by atoms with Crippen LogP contribution in [0.4, 0.5) is 0 Å². The van der Waals surface area contributed by atoms with E-state index in [0.29, 0.717) is 28.4 Å². The largest absolute Gasteiger partial charge is 0.493 e. The minimum Gasteiger partial charge on any atom is -0.493 e. The third-order valence-corrected chi connectivity index (χ3v) is 5.59. The number of carbonyl (C=O) groups is 2. The molecular formula is C28H25NO5. The number of carbonyl (C=O) groups excluding carboxylic acids is 2. The van der Waals surface area contributed by atoms with Crippen LogP contribution in [-0.4, -0.2) is 37.6 Å². The summed E-state index contributed by atoms with van der Waals surface area (Å²) >= 11 is 0. The number of para-hydroxylation sites is 1. The molecule has 172 valence electrons. The Morgan fingerprint density at radius 3 is 2.18 bits per heavy atom. The fraction of sp³-hybridized carbons (Fsp3) is 0.143. The molecule has 4 rings (SSSR count). The number of aryl methyl sites for hydroxylation is 1. The van der Waals surface area contributed by atoms with E-state index in [9.17, 15) is 9.59 Å². The van der Waals surface area contributed by atoms with Gasteiger partial charge in [-0.15, -0.1) is 0 Å². The van der Waals surface area contributed by atoms with Gasteiger partial charge in [0.25, 0.3) is 5.91 Å². The molecule has 0 spiro atoms. The summed E-state index contributed by atoms with van der Waals surface area (Å²) < 4.78 is 17.6. The average molecular weight is 456 g/mol. The Balaban J connectivity index is 1.71. The van der Waals surface area contributed by atoms with Gasteiger partial charge >= 0.3 is 0 Å².